The van der Waals surface area contributed by atoms with Crippen molar-refractivity contribution in [2.45, 2.75) is 24.9 Å². The maximum Gasteiger partial charge on any atom is 0.376 e. The Balaban J connectivity index is 1.33. The van der Waals surface area contributed by atoms with Crippen LogP contribution in [0, 0.1) is 18.6 Å². The molecule has 2 atom stereocenters. The second-order valence-corrected chi connectivity index (χ2v) is 10.3. The van der Waals surface area contributed by atoms with Gasteiger partial charge in [-0.05, 0) is 30.2 Å². The molecule has 14 heteroatoms. The maximum absolute atomic E-state index is 14.3. The molecular weight excluding hydrogens is 528 g/mol. The van der Waals surface area contributed by atoms with Crippen LogP contribution in [0.3, 0.4) is 0 Å². The molecule has 38 heavy (non-hydrogen) atoms. The SMILES string of the molecule is Cc1c([C@@H]2C=C(CN3CCN4C(=O)N(CC(F)(F)C(=O)O)C[C@@H]4C3)NC(c3nccs3)=N2)ccc(F)c1F. The van der Waals surface area contributed by atoms with Crippen molar-refractivity contribution in [1.82, 2.24) is 25.0 Å². The third-order valence-electron chi connectivity index (χ3n) is 6.85. The van der Waals surface area contributed by atoms with Crippen LogP contribution >= 0.6 is 11.3 Å². The van der Waals surface area contributed by atoms with Gasteiger partial charge >= 0.3 is 17.9 Å². The van der Waals surface area contributed by atoms with Gasteiger partial charge in [-0.3, -0.25) is 9.89 Å². The van der Waals surface area contributed by atoms with Crippen molar-refractivity contribution in [3.8, 4) is 0 Å². The number of benzene rings is 1. The lowest BCUT2D eigenvalue weighted by Gasteiger charge is -2.37. The van der Waals surface area contributed by atoms with Gasteiger partial charge in [-0.1, -0.05) is 6.07 Å². The van der Waals surface area contributed by atoms with Gasteiger partial charge in [0.2, 0.25) is 0 Å². The molecule has 2 aromatic rings. The first-order chi connectivity index (χ1) is 18.0. The lowest BCUT2D eigenvalue weighted by Crippen LogP contribution is -2.53. The largest absolute Gasteiger partial charge is 0.477 e. The Hall–Kier alpha value is -3.52. The van der Waals surface area contributed by atoms with Gasteiger partial charge in [0, 0.05) is 50.0 Å². The predicted molar refractivity (Wildman–Crippen MR) is 130 cm³/mol. The number of carboxylic acids is 1. The number of nitrogens with zero attached hydrogens (tertiary/aromatic N) is 5. The first-order valence-corrected chi connectivity index (χ1v) is 12.7. The minimum atomic E-state index is -4.03. The molecule has 0 aliphatic carbocycles. The van der Waals surface area contributed by atoms with E-state index in [1.165, 1.54) is 29.2 Å². The van der Waals surface area contributed by atoms with Gasteiger partial charge in [0.1, 0.15) is 0 Å². The van der Waals surface area contributed by atoms with Crippen LogP contribution < -0.4 is 5.32 Å². The van der Waals surface area contributed by atoms with E-state index in [0.717, 1.165) is 16.7 Å². The van der Waals surface area contributed by atoms with Crippen molar-refractivity contribution in [2.75, 3.05) is 39.3 Å². The summed E-state index contributed by atoms with van der Waals surface area (Å²) >= 11 is 1.37. The number of hydrogen-bond acceptors (Lipinski definition) is 7. The number of thiazole rings is 1. The number of halogens is 4. The van der Waals surface area contributed by atoms with Crippen LogP contribution in [0.5, 0.6) is 0 Å². The first kappa shape index (κ1) is 26.1. The van der Waals surface area contributed by atoms with E-state index < -0.39 is 42.1 Å². The van der Waals surface area contributed by atoms with E-state index in [1.807, 2.05) is 11.0 Å². The van der Waals surface area contributed by atoms with E-state index in [-0.39, 0.29) is 18.2 Å². The third kappa shape index (κ3) is 4.97. The average molecular weight is 553 g/mol. The maximum atomic E-state index is 14.3. The second-order valence-electron chi connectivity index (χ2n) is 9.41. The summed E-state index contributed by atoms with van der Waals surface area (Å²) in [7, 11) is 0. The van der Waals surface area contributed by atoms with Crippen molar-refractivity contribution >= 4 is 29.2 Å². The highest BCUT2D eigenvalue weighted by Gasteiger charge is 2.48. The fourth-order valence-electron chi connectivity index (χ4n) is 4.95. The van der Waals surface area contributed by atoms with Crippen molar-refractivity contribution < 1.29 is 32.3 Å². The summed E-state index contributed by atoms with van der Waals surface area (Å²) in [6.07, 6.45) is 3.46. The summed E-state index contributed by atoms with van der Waals surface area (Å²) in [5.41, 5.74) is 1.41. The van der Waals surface area contributed by atoms with E-state index in [0.29, 0.717) is 42.6 Å². The number of urea groups is 1. The molecule has 202 valence electrons. The fraction of sp³-hybridized carbons (Fsp3) is 0.417. The number of aliphatic carboxylic acids is 1. The summed E-state index contributed by atoms with van der Waals surface area (Å²) in [5, 5.41) is 14.4. The van der Waals surface area contributed by atoms with Crippen molar-refractivity contribution in [3.63, 3.8) is 0 Å². The minimum Gasteiger partial charge on any atom is -0.477 e. The monoisotopic (exact) mass is 552 g/mol. The van der Waals surface area contributed by atoms with Crippen LogP contribution in [0.1, 0.15) is 22.2 Å². The zero-order valence-electron chi connectivity index (χ0n) is 20.2. The molecule has 2 N–H and O–H groups in total. The van der Waals surface area contributed by atoms with E-state index >= 15 is 0 Å². The van der Waals surface area contributed by atoms with Gasteiger partial charge in [0.15, 0.2) is 22.5 Å². The molecule has 2 fully saturated rings. The van der Waals surface area contributed by atoms with Crippen LogP contribution in [0.2, 0.25) is 0 Å². The molecule has 0 spiro atoms. The van der Waals surface area contributed by atoms with Gasteiger partial charge in [-0.25, -0.2) is 23.4 Å². The highest BCUT2D eigenvalue weighted by molar-refractivity contribution is 7.11. The van der Waals surface area contributed by atoms with E-state index in [9.17, 15) is 27.2 Å². The number of fused-ring (bicyclic) bond motifs is 1. The molecule has 0 unspecified atom stereocenters. The topological polar surface area (TPSA) is 101 Å². The van der Waals surface area contributed by atoms with Crippen molar-refractivity contribution in [2.24, 2.45) is 4.99 Å². The molecule has 3 aliphatic rings. The highest BCUT2D eigenvalue weighted by Crippen LogP contribution is 2.30. The number of rotatable bonds is 7. The van der Waals surface area contributed by atoms with Gasteiger partial charge in [-0.15, -0.1) is 11.3 Å². The zero-order chi connectivity index (χ0) is 27.2. The summed E-state index contributed by atoms with van der Waals surface area (Å²) in [4.78, 5) is 36.8. The van der Waals surface area contributed by atoms with E-state index in [1.54, 1.807) is 11.6 Å². The quantitative estimate of drug-likeness (QED) is 0.513. The van der Waals surface area contributed by atoms with Crippen molar-refractivity contribution in [3.05, 3.63) is 63.3 Å². The van der Waals surface area contributed by atoms with Crippen LogP contribution in [-0.4, -0.2) is 93.9 Å². The van der Waals surface area contributed by atoms with Crippen LogP contribution in [0.25, 0.3) is 0 Å². The van der Waals surface area contributed by atoms with Gasteiger partial charge in [0.05, 0.1) is 18.6 Å². The number of piperazine rings is 1. The smallest absolute Gasteiger partial charge is 0.376 e. The molecule has 2 amide bonds. The summed E-state index contributed by atoms with van der Waals surface area (Å²) in [5.74, 6) is -7.67. The summed E-state index contributed by atoms with van der Waals surface area (Å²) in [6, 6.07) is 1.01. The number of carboxylic acid groups (broad SMARTS) is 1. The molecule has 0 saturated carbocycles. The fourth-order valence-corrected chi connectivity index (χ4v) is 5.53. The number of amidine groups is 1. The average Bonchev–Trinajstić information content (AvgIpc) is 3.51. The molecule has 5 rings (SSSR count). The minimum absolute atomic E-state index is 0.00677. The molecule has 0 bridgehead atoms. The van der Waals surface area contributed by atoms with Crippen LogP contribution in [-0.2, 0) is 4.79 Å². The number of aliphatic imine (C=N–C) groups is 1. The van der Waals surface area contributed by atoms with Gasteiger partial charge in [-0.2, -0.15) is 8.78 Å². The lowest BCUT2D eigenvalue weighted by atomic mass is 9.98. The third-order valence-corrected chi connectivity index (χ3v) is 7.63. The number of aromatic nitrogens is 1. The van der Waals surface area contributed by atoms with Gasteiger partial charge in [0.25, 0.3) is 0 Å². The van der Waals surface area contributed by atoms with E-state index in [2.05, 4.69) is 15.3 Å². The van der Waals surface area contributed by atoms with Crippen LogP contribution in [0.4, 0.5) is 22.4 Å². The molecule has 1 aromatic carbocycles. The normalized spacial score (nSPS) is 22.2. The van der Waals surface area contributed by atoms with Crippen LogP contribution in [0.15, 0.2) is 40.5 Å². The number of alkyl halides is 2. The first-order valence-electron chi connectivity index (χ1n) is 11.8. The molecule has 0 radical (unpaired) electrons. The molecule has 9 nitrogen and oxygen atoms in total. The number of amides is 2. The Labute approximate surface area is 219 Å². The Bertz CT molecular complexity index is 1320. The lowest BCUT2D eigenvalue weighted by molar-refractivity contribution is -0.166. The molecule has 4 heterocycles. The molecule has 3 aliphatic heterocycles. The van der Waals surface area contributed by atoms with Gasteiger partial charge < -0.3 is 20.2 Å². The molecule has 2 saturated heterocycles. The number of hydrogen-bond donors (Lipinski definition) is 2. The Morgan fingerprint density at radius 3 is 2.76 bits per heavy atom. The zero-order valence-corrected chi connectivity index (χ0v) is 21.0. The number of carbonyl (C=O) groups is 2. The van der Waals surface area contributed by atoms with E-state index in [4.69, 9.17) is 5.11 Å². The predicted octanol–water partition coefficient (Wildman–Crippen LogP) is 2.85. The second kappa shape index (κ2) is 9.98. The van der Waals surface area contributed by atoms with Crippen molar-refractivity contribution in [1.29, 1.82) is 0 Å². The Morgan fingerprint density at radius 2 is 2.05 bits per heavy atom. The highest BCUT2D eigenvalue weighted by atomic mass is 32.1. The standard InChI is InChI=1S/C24H24F4N6O3S/c1-13-16(2-3-17(25)19(13)26)18-8-14(30-20(31-18)21-29-4-7-38-21)9-32-5-6-34-15(10-32)11-33(23(34)37)12-24(27,28)22(35)36/h2-4,7-8,15,18H,5-6,9-12H2,1H3,(H,30,31)(H,35,36)/t15-,18-/m0/s1. The Kier molecular flexibility index (Phi) is 6.86. The molecular formula is C24H24F4N6O3S. The molecule has 1 aromatic heterocycles. The summed E-state index contributed by atoms with van der Waals surface area (Å²) < 4.78 is 55.6. The number of carbonyl (C=O) groups excluding carboxylic acids is 1. The Morgan fingerprint density at radius 1 is 1.26 bits per heavy atom. The number of nitrogens with one attached hydrogen (secondary N) is 1. The summed E-state index contributed by atoms with van der Waals surface area (Å²) in [6.45, 7) is 1.86.